The fourth-order valence-corrected chi connectivity index (χ4v) is 5.85. The van der Waals surface area contributed by atoms with E-state index in [0.29, 0.717) is 39.9 Å². The number of anilines is 1. The van der Waals surface area contributed by atoms with Crippen molar-refractivity contribution in [1.82, 2.24) is 4.90 Å². The fraction of sp³-hybridized carbons (Fsp3) is 0.167. The van der Waals surface area contributed by atoms with Gasteiger partial charge in [0.15, 0.2) is 0 Å². The molecule has 0 N–H and O–H groups in total. The summed E-state index contributed by atoms with van der Waals surface area (Å²) in [6.45, 7) is 0.236. The molecule has 0 aliphatic carbocycles. The summed E-state index contributed by atoms with van der Waals surface area (Å²) in [5.41, 5.74) is 0.373. The monoisotopic (exact) mass is 618 g/mol. The van der Waals surface area contributed by atoms with E-state index in [9.17, 15) is 22.0 Å². The standard InChI is InChI=1S/C30H26Cl2F2N2O4S/c1-35(30(37)25-8-3-4-9-26(25)32)17-6-18-40-29-10-5-2-7-21(29)20-36(28-19-23(33)13-16-27(28)34)41(38,39)24-14-11-22(31)12-15-24/h2-5,7-16,19H,6,17-18,20H2,1H3. The van der Waals surface area contributed by atoms with E-state index >= 15 is 0 Å². The second-order valence-electron chi connectivity index (χ2n) is 9.08. The molecule has 0 spiro atoms. The number of hydrogen-bond acceptors (Lipinski definition) is 4. The molecule has 6 nitrogen and oxygen atoms in total. The van der Waals surface area contributed by atoms with E-state index in [-0.39, 0.29) is 24.0 Å². The van der Waals surface area contributed by atoms with E-state index in [4.69, 9.17) is 27.9 Å². The number of sulfonamides is 1. The predicted octanol–water partition coefficient (Wildman–Crippen LogP) is 7.21. The largest absolute Gasteiger partial charge is 0.493 e. The topological polar surface area (TPSA) is 66.9 Å². The molecule has 41 heavy (non-hydrogen) atoms. The summed E-state index contributed by atoms with van der Waals surface area (Å²) in [7, 11) is -2.68. The van der Waals surface area contributed by atoms with Crippen LogP contribution in [0.25, 0.3) is 0 Å². The number of carbonyl (C=O) groups is 1. The van der Waals surface area contributed by atoms with Gasteiger partial charge in [-0.05, 0) is 61.0 Å². The zero-order chi connectivity index (χ0) is 29.6. The molecule has 0 radical (unpaired) electrons. The number of ether oxygens (including phenoxy) is 1. The Hall–Kier alpha value is -3.66. The van der Waals surface area contributed by atoms with E-state index in [1.54, 1.807) is 55.6 Å². The van der Waals surface area contributed by atoms with Crippen LogP contribution in [0.3, 0.4) is 0 Å². The molecule has 0 aliphatic heterocycles. The van der Waals surface area contributed by atoms with Crippen LogP contribution in [0.2, 0.25) is 10.0 Å². The zero-order valence-corrected chi connectivity index (χ0v) is 24.3. The minimum absolute atomic E-state index is 0.143. The molecule has 4 rings (SSSR count). The Labute approximate surface area is 247 Å². The number of para-hydroxylation sites is 1. The molecule has 4 aromatic rings. The molecule has 0 heterocycles. The lowest BCUT2D eigenvalue weighted by molar-refractivity contribution is 0.0788. The van der Waals surface area contributed by atoms with Crippen molar-refractivity contribution in [3.63, 3.8) is 0 Å². The first-order valence-corrected chi connectivity index (χ1v) is 14.7. The van der Waals surface area contributed by atoms with Crippen molar-refractivity contribution in [2.45, 2.75) is 17.9 Å². The van der Waals surface area contributed by atoms with Crippen LogP contribution in [0.1, 0.15) is 22.3 Å². The first-order valence-electron chi connectivity index (χ1n) is 12.5. The van der Waals surface area contributed by atoms with Gasteiger partial charge in [0.2, 0.25) is 0 Å². The summed E-state index contributed by atoms with van der Waals surface area (Å²) in [6.07, 6.45) is 0.465. The third-order valence-corrected chi connectivity index (χ3v) is 8.57. The van der Waals surface area contributed by atoms with Crippen LogP contribution in [0.15, 0.2) is 95.9 Å². The normalized spacial score (nSPS) is 11.2. The first-order chi connectivity index (χ1) is 19.6. The molecule has 11 heteroatoms. The van der Waals surface area contributed by atoms with E-state index in [2.05, 4.69) is 0 Å². The van der Waals surface area contributed by atoms with Gasteiger partial charge in [-0.3, -0.25) is 9.10 Å². The second-order valence-corrected chi connectivity index (χ2v) is 11.8. The van der Waals surface area contributed by atoms with Gasteiger partial charge in [-0.15, -0.1) is 0 Å². The van der Waals surface area contributed by atoms with Crippen molar-refractivity contribution in [2.75, 3.05) is 24.5 Å². The number of amides is 1. The lowest BCUT2D eigenvalue weighted by Crippen LogP contribution is -2.31. The van der Waals surface area contributed by atoms with Crippen molar-refractivity contribution in [1.29, 1.82) is 0 Å². The quantitative estimate of drug-likeness (QED) is 0.167. The summed E-state index contributed by atoms with van der Waals surface area (Å²) in [5, 5.41) is 0.688. The van der Waals surface area contributed by atoms with Crippen LogP contribution in [0.4, 0.5) is 14.5 Å². The Morgan fingerprint density at radius 3 is 2.32 bits per heavy atom. The molecule has 0 fully saturated rings. The molecule has 0 bridgehead atoms. The van der Waals surface area contributed by atoms with E-state index < -0.39 is 27.3 Å². The smallest absolute Gasteiger partial charge is 0.264 e. The number of hydrogen-bond donors (Lipinski definition) is 0. The first kappa shape index (κ1) is 30.3. The minimum atomic E-state index is -4.34. The lowest BCUT2D eigenvalue weighted by Gasteiger charge is -2.26. The summed E-state index contributed by atoms with van der Waals surface area (Å²) in [5.74, 6) is -1.57. The summed E-state index contributed by atoms with van der Waals surface area (Å²) >= 11 is 12.1. The molecule has 0 saturated heterocycles. The Morgan fingerprint density at radius 1 is 0.902 bits per heavy atom. The third kappa shape index (κ3) is 7.35. The molecule has 4 aromatic carbocycles. The molecule has 0 unspecified atom stereocenters. The number of benzene rings is 4. The van der Waals surface area contributed by atoms with Crippen LogP contribution in [-0.2, 0) is 16.6 Å². The lowest BCUT2D eigenvalue weighted by atomic mass is 10.2. The maximum Gasteiger partial charge on any atom is 0.264 e. The molecule has 214 valence electrons. The van der Waals surface area contributed by atoms with Crippen LogP contribution < -0.4 is 9.04 Å². The summed E-state index contributed by atoms with van der Waals surface area (Å²) in [6, 6.07) is 21.5. The Morgan fingerprint density at radius 2 is 1.59 bits per heavy atom. The molecule has 0 atom stereocenters. The Balaban J connectivity index is 1.53. The van der Waals surface area contributed by atoms with E-state index in [1.165, 1.54) is 29.2 Å². The van der Waals surface area contributed by atoms with E-state index in [0.717, 1.165) is 22.5 Å². The molecule has 0 aliphatic rings. The highest BCUT2D eigenvalue weighted by atomic mass is 35.5. The third-order valence-electron chi connectivity index (χ3n) is 6.21. The SMILES string of the molecule is CN(CCCOc1ccccc1CN(c1cc(F)ccc1F)S(=O)(=O)c1ccc(Cl)cc1)C(=O)c1ccccc1Cl. The van der Waals surface area contributed by atoms with Gasteiger partial charge in [-0.2, -0.15) is 0 Å². The van der Waals surface area contributed by atoms with Gasteiger partial charge in [0, 0.05) is 30.2 Å². The maximum absolute atomic E-state index is 14.9. The Kier molecular flexibility index (Phi) is 9.86. The number of halogens is 4. The zero-order valence-electron chi connectivity index (χ0n) is 21.9. The van der Waals surface area contributed by atoms with Crippen LogP contribution in [-0.4, -0.2) is 39.4 Å². The highest BCUT2D eigenvalue weighted by Crippen LogP contribution is 2.32. The van der Waals surface area contributed by atoms with Gasteiger partial charge in [0.1, 0.15) is 17.4 Å². The molecule has 0 saturated carbocycles. The van der Waals surface area contributed by atoms with Crippen LogP contribution in [0, 0.1) is 11.6 Å². The van der Waals surface area contributed by atoms with E-state index in [1.807, 2.05) is 0 Å². The number of rotatable bonds is 11. The summed E-state index contributed by atoms with van der Waals surface area (Å²) < 4.78 is 63.2. The highest BCUT2D eigenvalue weighted by Gasteiger charge is 2.29. The summed E-state index contributed by atoms with van der Waals surface area (Å²) in [4.78, 5) is 14.1. The van der Waals surface area contributed by atoms with Crippen molar-refractivity contribution < 1.29 is 26.7 Å². The van der Waals surface area contributed by atoms with Crippen LogP contribution >= 0.6 is 23.2 Å². The van der Waals surface area contributed by atoms with Crippen molar-refractivity contribution >= 4 is 44.8 Å². The van der Waals surface area contributed by atoms with Crippen molar-refractivity contribution in [2.24, 2.45) is 0 Å². The average Bonchev–Trinajstić information content (AvgIpc) is 2.96. The predicted molar refractivity (Wildman–Crippen MR) is 156 cm³/mol. The molecular formula is C30H26Cl2F2N2O4S. The minimum Gasteiger partial charge on any atom is -0.493 e. The van der Waals surface area contributed by atoms with Gasteiger partial charge < -0.3 is 9.64 Å². The molecule has 1 amide bonds. The highest BCUT2D eigenvalue weighted by molar-refractivity contribution is 7.92. The molecule has 0 aromatic heterocycles. The van der Waals surface area contributed by atoms with Crippen molar-refractivity contribution in [3.05, 3.63) is 124 Å². The van der Waals surface area contributed by atoms with Gasteiger partial charge in [-0.25, -0.2) is 17.2 Å². The second kappa shape index (κ2) is 13.3. The molecular weight excluding hydrogens is 593 g/mol. The van der Waals surface area contributed by atoms with Gasteiger partial charge in [0.25, 0.3) is 15.9 Å². The number of carbonyl (C=O) groups excluding carboxylic acids is 1. The number of nitrogens with zero attached hydrogens (tertiary/aromatic N) is 2. The van der Waals surface area contributed by atoms with Gasteiger partial charge >= 0.3 is 0 Å². The average molecular weight is 620 g/mol. The fourth-order valence-electron chi connectivity index (χ4n) is 4.07. The van der Waals surface area contributed by atoms with Gasteiger partial charge in [0.05, 0.1) is 34.3 Å². The maximum atomic E-state index is 14.9. The Bertz CT molecular complexity index is 1640. The van der Waals surface area contributed by atoms with Crippen LogP contribution in [0.5, 0.6) is 5.75 Å². The van der Waals surface area contributed by atoms with Crippen molar-refractivity contribution in [3.8, 4) is 5.75 Å². The van der Waals surface area contributed by atoms with Gasteiger partial charge in [-0.1, -0.05) is 53.5 Å².